The van der Waals surface area contributed by atoms with Crippen molar-refractivity contribution in [2.24, 2.45) is 16.7 Å². The molecule has 2 fully saturated rings. The third-order valence-electron chi connectivity index (χ3n) is 8.28. The first-order chi connectivity index (χ1) is 11.0. The van der Waals surface area contributed by atoms with E-state index in [1.54, 1.807) is 0 Å². The van der Waals surface area contributed by atoms with Crippen LogP contribution in [0.25, 0.3) is 0 Å². The topological polar surface area (TPSA) is 40.5 Å². The van der Waals surface area contributed by atoms with Gasteiger partial charge in [-0.3, -0.25) is 0 Å². The minimum atomic E-state index is -0.578. The molecule has 0 aromatic heterocycles. The van der Waals surface area contributed by atoms with Gasteiger partial charge in [0.1, 0.15) is 5.75 Å². The molecule has 23 heavy (non-hydrogen) atoms. The van der Waals surface area contributed by atoms with Gasteiger partial charge in [-0.05, 0) is 85.5 Å². The zero-order chi connectivity index (χ0) is 15.9. The van der Waals surface area contributed by atoms with Crippen molar-refractivity contribution < 1.29 is 10.2 Å². The average Bonchev–Trinajstić information content (AvgIpc) is 2.66. The maximum atomic E-state index is 11.3. The third-order valence-corrected chi connectivity index (χ3v) is 8.28. The van der Waals surface area contributed by atoms with E-state index >= 15 is 0 Å². The van der Waals surface area contributed by atoms with Crippen LogP contribution in [0.4, 0.5) is 0 Å². The molecule has 2 heteroatoms. The summed E-state index contributed by atoms with van der Waals surface area (Å²) in [5.41, 5.74) is 2.57. The Kier molecular flexibility index (Phi) is 2.58. The molecule has 5 rings (SSSR count). The van der Waals surface area contributed by atoms with Gasteiger partial charge in [0, 0.05) is 5.41 Å². The van der Waals surface area contributed by atoms with E-state index in [1.807, 2.05) is 12.1 Å². The molecule has 5 atom stereocenters. The Balaban J connectivity index is 1.64. The Hall–Kier alpha value is -1.28. The summed E-state index contributed by atoms with van der Waals surface area (Å²) >= 11 is 0. The number of phenols is 1. The molecule has 1 aromatic carbocycles. The molecule has 4 aliphatic carbocycles. The molecule has 0 spiro atoms. The molecule has 0 aliphatic heterocycles. The van der Waals surface area contributed by atoms with Crippen molar-refractivity contribution in [1.29, 1.82) is 0 Å². The standard InChI is InChI=1S/C21H26O2/c1-19-10-7-17-16-5-4-15(22)13-14(16)3-6-18(17)20(19)8-2-9-21(19,23)12-11-20/h2,4-5,9,13,17-18,22-23H,3,6-8,10-12H2,1H3/t17-,18-,19+,20-,21-/m1/s1. The van der Waals surface area contributed by atoms with Gasteiger partial charge in [-0.1, -0.05) is 25.1 Å². The van der Waals surface area contributed by atoms with Crippen LogP contribution in [0.15, 0.2) is 30.4 Å². The lowest BCUT2D eigenvalue weighted by atomic mass is 9.43. The number of phenolic OH excluding ortho intramolecular Hbond substituents is 1. The van der Waals surface area contributed by atoms with Gasteiger partial charge in [0.25, 0.3) is 0 Å². The molecular formula is C21H26O2. The molecule has 0 saturated heterocycles. The second-order valence-electron chi connectivity index (χ2n) is 8.69. The van der Waals surface area contributed by atoms with E-state index in [0.29, 0.717) is 17.6 Å². The maximum Gasteiger partial charge on any atom is 0.115 e. The molecule has 0 amide bonds. The minimum Gasteiger partial charge on any atom is -0.508 e. The van der Waals surface area contributed by atoms with Gasteiger partial charge in [-0.15, -0.1) is 0 Å². The fourth-order valence-electron chi connectivity index (χ4n) is 7.03. The van der Waals surface area contributed by atoms with Crippen molar-refractivity contribution in [3.05, 3.63) is 41.5 Å². The van der Waals surface area contributed by atoms with Gasteiger partial charge in [0.2, 0.25) is 0 Å². The lowest BCUT2D eigenvalue weighted by Gasteiger charge is -2.61. The molecule has 1 aromatic rings. The first-order valence-corrected chi connectivity index (χ1v) is 9.21. The van der Waals surface area contributed by atoms with E-state index in [2.05, 4.69) is 25.1 Å². The summed E-state index contributed by atoms with van der Waals surface area (Å²) in [6.07, 6.45) is 12.2. The average molecular weight is 310 g/mol. The fraction of sp³-hybridized carbons (Fsp3) is 0.619. The van der Waals surface area contributed by atoms with E-state index in [9.17, 15) is 10.2 Å². The maximum absolute atomic E-state index is 11.3. The first kappa shape index (κ1) is 14.1. The lowest BCUT2D eigenvalue weighted by molar-refractivity contribution is -0.132. The van der Waals surface area contributed by atoms with Crippen LogP contribution in [0.1, 0.15) is 62.5 Å². The summed E-state index contributed by atoms with van der Waals surface area (Å²) in [5.74, 6) is 1.69. The third kappa shape index (κ3) is 1.49. The summed E-state index contributed by atoms with van der Waals surface area (Å²) in [6.45, 7) is 2.37. The van der Waals surface area contributed by atoms with Crippen LogP contribution < -0.4 is 0 Å². The van der Waals surface area contributed by atoms with E-state index in [1.165, 1.54) is 30.4 Å². The van der Waals surface area contributed by atoms with Gasteiger partial charge in [0.05, 0.1) is 5.60 Å². The predicted molar refractivity (Wildman–Crippen MR) is 90.4 cm³/mol. The molecular weight excluding hydrogens is 284 g/mol. The SMILES string of the molecule is C[C@]12CC[C@@H]3c4ccc(O)cc4CC[C@H]3[C@]13CC=C[C@@]2(O)CC3. The highest BCUT2D eigenvalue weighted by Crippen LogP contribution is 2.74. The van der Waals surface area contributed by atoms with Crippen LogP contribution in [0.3, 0.4) is 0 Å². The summed E-state index contributed by atoms with van der Waals surface area (Å²) in [5, 5.41) is 21.1. The number of benzene rings is 1. The molecule has 2 N–H and O–H groups in total. The summed E-state index contributed by atoms with van der Waals surface area (Å²) in [7, 11) is 0. The Morgan fingerprint density at radius 2 is 2.00 bits per heavy atom. The molecule has 2 saturated carbocycles. The number of fused-ring (bicyclic) bond motifs is 3. The summed E-state index contributed by atoms with van der Waals surface area (Å²) < 4.78 is 0. The smallest absolute Gasteiger partial charge is 0.115 e. The van der Waals surface area contributed by atoms with Crippen molar-refractivity contribution in [2.75, 3.05) is 0 Å². The Morgan fingerprint density at radius 1 is 1.13 bits per heavy atom. The van der Waals surface area contributed by atoms with E-state index in [-0.39, 0.29) is 10.8 Å². The molecule has 0 unspecified atom stereocenters. The molecule has 0 radical (unpaired) electrons. The number of aromatic hydroxyl groups is 1. The van der Waals surface area contributed by atoms with E-state index in [4.69, 9.17) is 0 Å². The number of hydrogen-bond donors (Lipinski definition) is 2. The Labute approximate surface area is 138 Å². The van der Waals surface area contributed by atoms with Crippen molar-refractivity contribution in [3.8, 4) is 5.75 Å². The van der Waals surface area contributed by atoms with Crippen LogP contribution in [-0.4, -0.2) is 15.8 Å². The highest BCUT2D eigenvalue weighted by Gasteiger charge is 2.69. The molecule has 2 bridgehead atoms. The lowest BCUT2D eigenvalue weighted by Crippen LogP contribution is -2.57. The monoisotopic (exact) mass is 310 g/mol. The Morgan fingerprint density at radius 3 is 2.87 bits per heavy atom. The summed E-state index contributed by atoms with van der Waals surface area (Å²) in [6, 6.07) is 6.00. The molecule has 0 heterocycles. The van der Waals surface area contributed by atoms with Crippen LogP contribution in [0.5, 0.6) is 5.75 Å². The van der Waals surface area contributed by atoms with Crippen molar-refractivity contribution >= 4 is 0 Å². The van der Waals surface area contributed by atoms with Crippen molar-refractivity contribution in [1.82, 2.24) is 0 Å². The van der Waals surface area contributed by atoms with Crippen LogP contribution in [0.2, 0.25) is 0 Å². The molecule has 4 aliphatic rings. The van der Waals surface area contributed by atoms with Crippen molar-refractivity contribution in [2.45, 2.75) is 63.4 Å². The Bertz CT molecular complexity index is 708. The second-order valence-corrected chi connectivity index (χ2v) is 8.69. The van der Waals surface area contributed by atoms with Crippen LogP contribution in [-0.2, 0) is 6.42 Å². The van der Waals surface area contributed by atoms with E-state index in [0.717, 1.165) is 25.7 Å². The highest BCUT2D eigenvalue weighted by molar-refractivity contribution is 5.42. The quantitative estimate of drug-likeness (QED) is 0.701. The minimum absolute atomic E-state index is 0.0460. The van der Waals surface area contributed by atoms with Crippen molar-refractivity contribution in [3.63, 3.8) is 0 Å². The zero-order valence-corrected chi connectivity index (χ0v) is 13.9. The zero-order valence-electron chi connectivity index (χ0n) is 13.9. The largest absolute Gasteiger partial charge is 0.508 e. The normalized spacial score (nSPS) is 46.9. The van der Waals surface area contributed by atoms with Gasteiger partial charge < -0.3 is 10.2 Å². The van der Waals surface area contributed by atoms with Crippen LogP contribution >= 0.6 is 0 Å². The number of allylic oxidation sites excluding steroid dienone is 1. The van der Waals surface area contributed by atoms with E-state index < -0.39 is 5.60 Å². The number of aryl methyl sites for hydroxylation is 1. The molecule has 2 nitrogen and oxygen atoms in total. The van der Waals surface area contributed by atoms with Crippen LogP contribution in [0, 0.1) is 16.7 Å². The highest BCUT2D eigenvalue weighted by atomic mass is 16.3. The summed E-state index contributed by atoms with van der Waals surface area (Å²) in [4.78, 5) is 0. The van der Waals surface area contributed by atoms with Gasteiger partial charge in [0.15, 0.2) is 0 Å². The fourth-order valence-corrected chi connectivity index (χ4v) is 7.03. The predicted octanol–water partition coefficient (Wildman–Crippen LogP) is 4.31. The molecule has 122 valence electrons. The number of rotatable bonds is 0. The number of hydrogen-bond acceptors (Lipinski definition) is 2. The van der Waals surface area contributed by atoms with Gasteiger partial charge in [-0.25, -0.2) is 0 Å². The van der Waals surface area contributed by atoms with Gasteiger partial charge >= 0.3 is 0 Å². The number of aliphatic hydroxyl groups is 1. The van der Waals surface area contributed by atoms with Gasteiger partial charge in [-0.2, -0.15) is 0 Å². The second kappa shape index (κ2) is 4.22. The first-order valence-electron chi connectivity index (χ1n) is 9.21.